The molecule has 0 saturated carbocycles. The first-order chi connectivity index (χ1) is 10.2. The summed E-state index contributed by atoms with van der Waals surface area (Å²) in [6, 6.07) is 5.27. The van der Waals surface area contributed by atoms with E-state index in [1.165, 1.54) is 11.8 Å². The fraction of sp³-hybridized carbons (Fsp3) is 0.250. The van der Waals surface area contributed by atoms with Crippen molar-refractivity contribution in [3.63, 3.8) is 0 Å². The Hall–Kier alpha value is -2.42. The average Bonchev–Trinajstić information content (AvgIpc) is 2.91. The highest BCUT2D eigenvalue weighted by Gasteiger charge is 2.13. The number of hydrogen-bond acceptors (Lipinski definition) is 7. The maximum Gasteiger partial charge on any atom is 0.234 e. The number of anilines is 2. The average molecular weight is 307 g/mol. The van der Waals surface area contributed by atoms with Crippen LogP contribution in [0.3, 0.4) is 0 Å². The van der Waals surface area contributed by atoms with Gasteiger partial charge in [0.2, 0.25) is 17.0 Å². The molecule has 0 aliphatic carbocycles. The van der Waals surface area contributed by atoms with Crippen LogP contribution in [0, 0.1) is 0 Å². The van der Waals surface area contributed by atoms with Gasteiger partial charge in [-0.25, -0.2) is 5.10 Å². The summed E-state index contributed by atoms with van der Waals surface area (Å²) in [5.74, 6) is 1.56. The molecule has 0 saturated heterocycles. The molecule has 1 aliphatic heterocycles. The van der Waals surface area contributed by atoms with E-state index in [9.17, 15) is 4.79 Å². The first kappa shape index (κ1) is 13.6. The van der Waals surface area contributed by atoms with Gasteiger partial charge in [0, 0.05) is 11.8 Å². The number of nitrogens with one attached hydrogen (secondary N) is 2. The predicted molar refractivity (Wildman–Crippen MR) is 77.6 cm³/mol. The predicted octanol–water partition coefficient (Wildman–Crippen LogP) is 0.889. The number of nitrogen functional groups attached to an aromatic ring is 1. The molecular weight excluding hydrogens is 294 g/mol. The molecule has 9 heteroatoms. The monoisotopic (exact) mass is 307 g/mol. The van der Waals surface area contributed by atoms with Gasteiger partial charge in [-0.2, -0.15) is 4.98 Å². The molecule has 0 unspecified atom stereocenters. The number of ether oxygens (including phenoxy) is 2. The molecule has 0 bridgehead atoms. The molecule has 4 N–H and O–H groups in total. The van der Waals surface area contributed by atoms with Gasteiger partial charge in [0.15, 0.2) is 11.5 Å². The van der Waals surface area contributed by atoms with Crippen LogP contribution in [0.15, 0.2) is 23.4 Å². The summed E-state index contributed by atoms with van der Waals surface area (Å²) in [7, 11) is 0. The molecule has 1 aromatic carbocycles. The third kappa shape index (κ3) is 3.37. The maximum absolute atomic E-state index is 11.9. The van der Waals surface area contributed by atoms with Crippen molar-refractivity contribution in [1.82, 2.24) is 15.2 Å². The second-order valence-electron chi connectivity index (χ2n) is 4.20. The normalized spacial score (nSPS) is 13.0. The topological polar surface area (TPSA) is 115 Å². The van der Waals surface area contributed by atoms with Gasteiger partial charge in [-0.3, -0.25) is 4.79 Å². The Labute approximate surface area is 124 Å². The van der Waals surface area contributed by atoms with Crippen molar-refractivity contribution in [2.24, 2.45) is 0 Å². The van der Waals surface area contributed by atoms with E-state index >= 15 is 0 Å². The standard InChI is InChI=1S/C12H13N5O3S/c13-11-15-12(17-16-11)21-6-10(18)14-7-1-2-8-9(5-7)20-4-3-19-8/h1-2,5H,3-4,6H2,(H,14,18)(H3,13,15,16,17). The van der Waals surface area contributed by atoms with Crippen molar-refractivity contribution < 1.29 is 14.3 Å². The second-order valence-corrected chi connectivity index (χ2v) is 5.14. The number of nitrogens with zero attached hydrogens (tertiary/aromatic N) is 2. The Balaban J connectivity index is 1.57. The molecule has 21 heavy (non-hydrogen) atoms. The molecule has 2 aromatic rings. The Morgan fingerprint density at radius 2 is 2.19 bits per heavy atom. The van der Waals surface area contributed by atoms with E-state index in [0.717, 1.165) is 0 Å². The molecule has 0 fully saturated rings. The Morgan fingerprint density at radius 1 is 1.38 bits per heavy atom. The lowest BCUT2D eigenvalue weighted by Crippen LogP contribution is -2.17. The number of hydrogen-bond donors (Lipinski definition) is 3. The summed E-state index contributed by atoms with van der Waals surface area (Å²) in [4.78, 5) is 15.8. The summed E-state index contributed by atoms with van der Waals surface area (Å²) < 4.78 is 10.9. The Morgan fingerprint density at radius 3 is 2.95 bits per heavy atom. The number of amides is 1. The molecule has 1 amide bonds. The van der Waals surface area contributed by atoms with E-state index in [4.69, 9.17) is 15.2 Å². The zero-order valence-corrected chi connectivity index (χ0v) is 11.8. The van der Waals surface area contributed by atoms with Gasteiger partial charge in [-0.15, -0.1) is 5.10 Å². The molecule has 0 spiro atoms. The third-order valence-electron chi connectivity index (χ3n) is 2.64. The lowest BCUT2D eigenvalue weighted by molar-refractivity contribution is -0.113. The molecular formula is C12H13N5O3S. The molecule has 3 rings (SSSR count). The zero-order valence-electron chi connectivity index (χ0n) is 11.0. The number of carbonyl (C=O) groups is 1. The van der Waals surface area contributed by atoms with Crippen LogP contribution in [0.4, 0.5) is 11.6 Å². The SMILES string of the molecule is Nc1nc(SCC(=O)Nc2ccc3c(c2)OCCO3)n[nH]1. The second kappa shape index (κ2) is 5.92. The van der Waals surface area contributed by atoms with Gasteiger partial charge in [0.1, 0.15) is 13.2 Å². The van der Waals surface area contributed by atoms with Crippen molar-refractivity contribution in [1.29, 1.82) is 0 Å². The van der Waals surface area contributed by atoms with E-state index < -0.39 is 0 Å². The number of benzene rings is 1. The lowest BCUT2D eigenvalue weighted by Gasteiger charge is -2.18. The summed E-state index contributed by atoms with van der Waals surface area (Å²) in [6.07, 6.45) is 0. The van der Waals surface area contributed by atoms with Gasteiger partial charge in [-0.05, 0) is 12.1 Å². The molecule has 0 radical (unpaired) electrons. The first-order valence-corrected chi connectivity index (χ1v) is 7.19. The Kier molecular flexibility index (Phi) is 3.82. The third-order valence-corrected chi connectivity index (χ3v) is 3.49. The van der Waals surface area contributed by atoms with Crippen molar-refractivity contribution in [2.45, 2.75) is 5.16 Å². The molecule has 110 valence electrons. The number of aromatic amines is 1. The summed E-state index contributed by atoms with van der Waals surface area (Å²) in [5, 5.41) is 9.56. The fourth-order valence-corrected chi connectivity index (χ4v) is 2.38. The number of fused-ring (bicyclic) bond motifs is 1. The first-order valence-electron chi connectivity index (χ1n) is 6.21. The number of nitrogens with two attached hydrogens (primary N) is 1. The largest absolute Gasteiger partial charge is 0.486 e. The fourth-order valence-electron chi connectivity index (χ4n) is 1.77. The van der Waals surface area contributed by atoms with Gasteiger partial charge >= 0.3 is 0 Å². The smallest absolute Gasteiger partial charge is 0.234 e. The lowest BCUT2D eigenvalue weighted by atomic mass is 10.2. The van der Waals surface area contributed by atoms with Crippen molar-refractivity contribution in [3.05, 3.63) is 18.2 Å². The molecule has 2 heterocycles. The van der Waals surface area contributed by atoms with Crippen LogP contribution in [-0.2, 0) is 4.79 Å². The molecule has 1 aliphatic rings. The number of aromatic nitrogens is 3. The van der Waals surface area contributed by atoms with Gasteiger partial charge < -0.3 is 20.5 Å². The van der Waals surface area contributed by atoms with Gasteiger partial charge in [0.05, 0.1) is 5.75 Å². The van der Waals surface area contributed by atoms with E-state index in [1.54, 1.807) is 18.2 Å². The van der Waals surface area contributed by atoms with Crippen LogP contribution in [0.1, 0.15) is 0 Å². The molecule has 0 atom stereocenters. The summed E-state index contributed by atoms with van der Waals surface area (Å²) in [5.41, 5.74) is 6.06. The summed E-state index contributed by atoms with van der Waals surface area (Å²) in [6.45, 7) is 1.04. The van der Waals surface area contributed by atoms with Crippen LogP contribution in [0.5, 0.6) is 11.5 Å². The quantitative estimate of drug-likeness (QED) is 0.718. The van der Waals surface area contributed by atoms with Gasteiger partial charge in [-0.1, -0.05) is 11.8 Å². The maximum atomic E-state index is 11.9. The van der Waals surface area contributed by atoms with E-state index in [0.29, 0.717) is 35.6 Å². The van der Waals surface area contributed by atoms with Gasteiger partial charge in [0.25, 0.3) is 0 Å². The molecule has 1 aromatic heterocycles. The van der Waals surface area contributed by atoms with Crippen LogP contribution in [0.25, 0.3) is 0 Å². The van der Waals surface area contributed by atoms with Crippen molar-refractivity contribution in [2.75, 3.05) is 30.0 Å². The van der Waals surface area contributed by atoms with Crippen LogP contribution >= 0.6 is 11.8 Å². The van der Waals surface area contributed by atoms with Crippen LogP contribution < -0.4 is 20.5 Å². The zero-order chi connectivity index (χ0) is 14.7. The van der Waals surface area contributed by atoms with Crippen molar-refractivity contribution in [3.8, 4) is 11.5 Å². The van der Waals surface area contributed by atoms with Crippen LogP contribution in [-0.4, -0.2) is 40.1 Å². The minimum Gasteiger partial charge on any atom is -0.486 e. The minimum atomic E-state index is -0.167. The van der Waals surface area contributed by atoms with E-state index in [2.05, 4.69) is 20.5 Å². The number of H-pyrrole nitrogens is 1. The Bertz CT molecular complexity index is 660. The highest BCUT2D eigenvalue weighted by molar-refractivity contribution is 7.99. The van der Waals surface area contributed by atoms with Crippen molar-refractivity contribution >= 4 is 29.3 Å². The minimum absolute atomic E-state index is 0.167. The molecule has 8 nitrogen and oxygen atoms in total. The van der Waals surface area contributed by atoms with Crippen LogP contribution in [0.2, 0.25) is 0 Å². The summed E-state index contributed by atoms with van der Waals surface area (Å²) >= 11 is 1.20. The number of rotatable bonds is 4. The number of thioether (sulfide) groups is 1. The van der Waals surface area contributed by atoms with E-state index in [1.807, 2.05) is 0 Å². The highest BCUT2D eigenvalue weighted by atomic mass is 32.2. The number of carbonyl (C=O) groups excluding carboxylic acids is 1. The van der Waals surface area contributed by atoms with E-state index in [-0.39, 0.29) is 17.6 Å². The highest BCUT2D eigenvalue weighted by Crippen LogP contribution is 2.32.